The van der Waals surface area contributed by atoms with Gasteiger partial charge in [-0.25, -0.2) is 14.8 Å². The molecular weight excluding hydrogens is 280 g/mol. The maximum atomic E-state index is 12.2. The molecule has 1 unspecified atom stereocenters. The Balaban J connectivity index is 1.75. The first-order valence-corrected chi connectivity index (χ1v) is 7.60. The summed E-state index contributed by atoms with van der Waals surface area (Å²) in [7, 11) is 1.84. The van der Waals surface area contributed by atoms with Gasteiger partial charge in [-0.15, -0.1) is 0 Å². The van der Waals surface area contributed by atoms with E-state index in [-0.39, 0.29) is 12.1 Å². The molecule has 2 saturated heterocycles. The van der Waals surface area contributed by atoms with Gasteiger partial charge in [0.05, 0.1) is 23.5 Å². The van der Waals surface area contributed by atoms with Gasteiger partial charge in [-0.05, 0) is 19.8 Å². The number of anilines is 1. The van der Waals surface area contributed by atoms with Crippen LogP contribution >= 0.6 is 0 Å². The Morgan fingerprint density at radius 3 is 2.82 bits per heavy atom. The van der Waals surface area contributed by atoms with Gasteiger partial charge in [0.15, 0.2) is 0 Å². The zero-order valence-electron chi connectivity index (χ0n) is 13.0. The van der Waals surface area contributed by atoms with Crippen LogP contribution in [0, 0.1) is 18.3 Å². The molecule has 0 aliphatic carbocycles. The number of carbonyl (C=O) groups is 1. The summed E-state index contributed by atoms with van der Waals surface area (Å²) in [6.07, 6.45) is 3.61. The average molecular weight is 300 g/mol. The van der Waals surface area contributed by atoms with Crippen LogP contribution < -0.4 is 4.90 Å². The number of nitriles is 1. The summed E-state index contributed by atoms with van der Waals surface area (Å²) in [5.74, 6) is 0.654. The van der Waals surface area contributed by atoms with Crippen molar-refractivity contribution in [1.82, 2.24) is 19.8 Å². The summed E-state index contributed by atoms with van der Waals surface area (Å²) in [5.41, 5.74) is 1.21. The Labute approximate surface area is 130 Å². The highest BCUT2D eigenvalue weighted by atomic mass is 16.2. The summed E-state index contributed by atoms with van der Waals surface area (Å²) in [6.45, 7) is 5.05. The van der Waals surface area contributed by atoms with Crippen LogP contribution in [0.3, 0.4) is 0 Å². The molecule has 1 aromatic heterocycles. The van der Waals surface area contributed by atoms with Crippen molar-refractivity contribution in [2.45, 2.75) is 25.8 Å². The summed E-state index contributed by atoms with van der Waals surface area (Å²) >= 11 is 0. The zero-order chi connectivity index (χ0) is 15.7. The number of aryl methyl sites for hydroxylation is 1. The quantitative estimate of drug-likeness (QED) is 0.814. The first-order valence-electron chi connectivity index (χ1n) is 7.60. The van der Waals surface area contributed by atoms with Crippen LogP contribution in [0.2, 0.25) is 0 Å². The summed E-state index contributed by atoms with van der Waals surface area (Å²) < 4.78 is 0. The number of carbonyl (C=O) groups excluding carboxylic acids is 1. The lowest BCUT2D eigenvalue weighted by molar-refractivity contribution is 0.175. The van der Waals surface area contributed by atoms with Crippen LogP contribution in [0.4, 0.5) is 10.7 Å². The van der Waals surface area contributed by atoms with E-state index in [1.807, 2.05) is 18.9 Å². The Morgan fingerprint density at radius 2 is 2.18 bits per heavy atom. The van der Waals surface area contributed by atoms with E-state index in [9.17, 15) is 4.79 Å². The second kappa shape index (κ2) is 5.79. The predicted molar refractivity (Wildman–Crippen MR) is 81.5 cm³/mol. The number of amides is 2. The van der Waals surface area contributed by atoms with Crippen LogP contribution in [-0.2, 0) is 0 Å². The van der Waals surface area contributed by atoms with Crippen molar-refractivity contribution in [2.24, 2.45) is 0 Å². The van der Waals surface area contributed by atoms with Crippen LogP contribution in [0.5, 0.6) is 0 Å². The number of piperidine rings is 1. The van der Waals surface area contributed by atoms with Gasteiger partial charge >= 0.3 is 6.03 Å². The SMILES string of the molecule is Cc1nc(N2CCCC(N3CCN(C)C3=O)C2)ncc1C#N. The number of nitrogens with zero attached hydrogens (tertiary/aromatic N) is 6. The van der Waals surface area contributed by atoms with Crippen molar-refractivity contribution in [3.05, 3.63) is 17.5 Å². The predicted octanol–water partition coefficient (Wildman–Crippen LogP) is 0.993. The van der Waals surface area contributed by atoms with Crippen LogP contribution in [-0.4, -0.2) is 65.1 Å². The molecule has 2 amide bonds. The van der Waals surface area contributed by atoms with Gasteiger partial charge in [0.25, 0.3) is 0 Å². The normalized spacial score (nSPS) is 22.1. The maximum Gasteiger partial charge on any atom is 0.320 e. The molecule has 2 aliphatic rings. The third-order valence-electron chi connectivity index (χ3n) is 4.46. The number of likely N-dealkylation sites (N-methyl/N-ethyl adjacent to an activating group) is 1. The van der Waals surface area contributed by atoms with Crippen molar-refractivity contribution in [3.8, 4) is 6.07 Å². The third kappa shape index (κ3) is 2.56. The molecule has 22 heavy (non-hydrogen) atoms. The molecule has 2 aliphatic heterocycles. The highest BCUT2D eigenvalue weighted by molar-refractivity contribution is 5.76. The Morgan fingerprint density at radius 1 is 1.36 bits per heavy atom. The van der Waals surface area contributed by atoms with Crippen molar-refractivity contribution < 1.29 is 4.79 Å². The van der Waals surface area contributed by atoms with E-state index in [1.54, 1.807) is 11.1 Å². The molecule has 0 radical (unpaired) electrons. The monoisotopic (exact) mass is 300 g/mol. The molecule has 0 N–H and O–H groups in total. The smallest absolute Gasteiger partial charge is 0.320 e. The molecule has 3 rings (SSSR count). The fourth-order valence-corrected chi connectivity index (χ4v) is 3.11. The fourth-order valence-electron chi connectivity index (χ4n) is 3.11. The minimum atomic E-state index is 0.115. The summed E-state index contributed by atoms with van der Waals surface area (Å²) in [4.78, 5) is 26.7. The van der Waals surface area contributed by atoms with Gasteiger partial charge in [0.2, 0.25) is 5.95 Å². The van der Waals surface area contributed by atoms with Crippen LogP contribution in [0.15, 0.2) is 6.20 Å². The van der Waals surface area contributed by atoms with Gasteiger partial charge in [-0.2, -0.15) is 5.26 Å². The Hall–Kier alpha value is -2.36. The highest BCUT2D eigenvalue weighted by Gasteiger charge is 2.34. The molecule has 7 nitrogen and oxygen atoms in total. The van der Waals surface area contributed by atoms with Gasteiger partial charge in [0, 0.05) is 33.2 Å². The number of hydrogen-bond acceptors (Lipinski definition) is 5. The van der Waals surface area contributed by atoms with E-state index >= 15 is 0 Å². The molecule has 7 heteroatoms. The van der Waals surface area contributed by atoms with Gasteiger partial charge in [-0.1, -0.05) is 0 Å². The molecule has 0 spiro atoms. The first kappa shape index (κ1) is 14.6. The lowest BCUT2D eigenvalue weighted by Gasteiger charge is -2.37. The van der Waals surface area contributed by atoms with E-state index in [0.717, 1.165) is 39.0 Å². The van der Waals surface area contributed by atoms with Crippen molar-refractivity contribution in [1.29, 1.82) is 5.26 Å². The van der Waals surface area contributed by atoms with E-state index in [1.165, 1.54) is 0 Å². The summed E-state index contributed by atoms with van der Waals surface area (Å²) in [6, 6.07) is 2.42. The lowest BCUT2D eigenvalue weighted by atomic mass is 10.0. The number of hydrogen-bond donors (Lipinski definition) is 0. The second-order valence-electron chi connectivity index (χ2n) is 5.92. The average Bonchev–Trinajstić information content (AvgIpc) is 2.87. The van der Waals surface area contributed by atoms with Gasteiger partial charge in [0.1, 0.15) is 6.07 Å². The molecule has 116 valence electrons. The summed E-state index contributed by atoms with van der Waals surface area (Å²) in [5, 5.41) is 8.97. The van der Waals surface area contributed by atoms with E-state index < -0.39 is 0 Å². The van der Waals surface area contributed by atoms with Crippen LogP contribution in [0.25, 0.3) is 0 Å². The molecule has 0 aromatic carbocycles. The first-order chi connectivity index (χ1) is 10.6. The number of aromatic nitrogens is 2. The maximum absolute atomic E-state index is 12.2. The van der Waals surface area contributed by atoms with Crippen molar-refractivity contribution in [2.75, 3.05) is 38.1 Å². The van der Waals surface area contributed by atoms with E-state index in [4.69, 9.17) is 5.26 Å². The zero-order valence-corrected chi connectivity index (χ0v) is 13.0. The number of rotatable bonds is 2. The molecule has 1 atom stereocenters. The Bertz CT molecular complexity index is 625. The van der Waals surface area contributed by atoms with E-state index in [2.05, 4.69) is 20.9 Å². The molecule has 3 heterocycles. The minimum absolute atomic E-state index is 0.115. The molecule has 0 saturated carbocycles. The van der Waals surface area contributed by atoms with Gasteiger partial charge in [-0.3, -0.25) is 0 Å². The Kier molecular flexibility index (Phi) is 3.84. The van der Waals surface area contributed by atoms with Crippen molar-refractivity contribution >= 4 is 12.0 Å². The number of urea groups is 1. The second-order valence-corrected chi connectivity index (χ2v) is 5.92. The topological polar surface area (TPSA) is 76.4 Å². The molecule has 1 aromatic rings. The fraction of sp³-hybridized carbons (Fsp3) is 0.600. The van der Waals surface area contributed by atoms with Gasteiger partial charge < -0.3 is 14.7 Å². The standard InChI is InChI=1S/C15H20N6O/c1-11-12(8-16)9-17-14(18-11)20-5-3-4-13(10-20)21-7-6-19(2)15(21)22/h9,13H,3-7,10H2,1-2H3. The molecule has 0 bridgehead atoms. The third-order valence-corrected chi connectivity index (χ3v) is 4.46. The minimum Gasteiger partial charge on any atom is -0.339 e. The largest absolute Gasteiger partial charge is 0.339 e. The molecular formula is C15H20N6O. The van der Waals surface area contributed by atoms with E-state index in [0.29, 0.717) is 17.2 Å². The lowest BCUT2D eigenvalue weighted by Crippen LogP contribution is -2.49. The van der Waals surface area contributed by atoms with Crippen molar-refractivity contribution in [3.63, 3.8) is 0 Å². The van der Waals surface area contributed by atoms with Crippen LogP contribution in [0.1, 0.15) is 24.1 Å². The highest BCUT2D eigenvalue weighted by Crippen LogP contribution is 2.23. The molecule has 2 fully saturated rings.